The van der Waals surface area contributed by atoms with Crippen LogP contribution in [0.3, 0.4) is 0 Å². The summed E-state index contributed by atoms with van der Waals surface area (Å²) in [6.45, 7) is 4.58. The van der Waals surface area contributed by atoms with E-state index in [-0.39, 0.29) is 10.8 Å². The number of phenols is 1. The fraction of sp³-hybridized carbons (Fsp3) is 0.500. The number of halogens is 1. The smallest absolute Gasteiger partial charge is 0.336 e. The van der Waals surface area contributed by atoms with Crippen LogP contribution < -0.4 is 5.63 Å². The van der Waals surface area contributed by atoms with E-state index in [2.05, 4.69) is 13.8 Å². The first-order valence-electron chi connectivity index (χ1n) is 9.62. The Bertz CT molecular complexity index is 970. The first-order valence-corrected chi connectivity index (χ1v) is 10.0. The van der Waals surface area contributed by atoms with Gasteiger partial charge in [0.1, 0.15) is 17.1 Å². The predicted octanol–water partition coefficient (Wildman–Crippen LogP) is 5.60. The Balaban J connectivity index is 1.98. The van der Waals surface area contributed by atoms with Gasteiger partial charge in [-0.15, -0.1) is 0 Å². The summed E-state index contributed by atoms with van der Waals surface area (Å²) >= 11 is 6.53. The van der Waals surface area contributed by atoms with E-state index < -0.39 is 5.63 Å². The van der Waals surface area contributed by atoms with Gasteiger partial charge < -0.3 is 14.3 Å². The number of rotatable bonds is 2. The highest BCUT2D eigenvalue weighted by Crippen LogP contribution is 2.51. The molecule has 0 radical (unpaired) electrons. The van der Waals surface area contributed by atoms with Gasteiger partial charge in [0.05, 0.1) is 12.1 Å². The quantitative estimate of drug-likeness (QED) is 0.537. The maximum absolute atomic E-state index is 11.6. The summed E-state index contributed by atoms with van der Waals surface area (Å²) in [6.07, 6.45) is 4.77. The van der Waals surface area contributed by atoms with Crippen LogP contribution >= 0.6 is 11.6 Å². The molecule has 1 N–H and O–H groups in total. The Kier molecular flexibility index (Phi) is 4.71. The maximum Gasteiger partial charge on any atom is 0.336 e. The summed E-state index contributed by atoms with van der Waals surface area (Å²) in [5, 5.41) is 11.3. The van der Waals surface area contributed by atoms with E-state index in [1.165, 1.54) is 30.5 Å². The number of aromatic hydroxyl groups is 1. The number of fused-ring (bicyclic) bond motifs is 3. The molecule has 2 bridgehead atoms. The van der Waals surface area contributed by atoms with Crippen LogP contribution in [0.15, 0.2) is 33.0 Å². The Hall–Kier alpha value is -1.94. The van der Waals surface area contributed by atoms with Gasteiger partial charge in [0.15, 0.2) is 0 Å². The molecule has 0 spiro atoms. The minimum absolute atomic E-state index is 0.109. The molecule has 2 fully saturated rings. The zero-order valence-corrected chi connectivity index (χ0v) is 16.7. The minimum Gasteiger partial charge on any atom is -0.506 e. The molecule has 2 aromatic rings. The highest BCUT2D eigenvalue weighted by Gasteiger charge is 2.39. The molecule has 2 saturated carbocycles. The van der Waals surface area contributed by atoms with Crippen molar-refractivity contribution in [3.05, 3.63) is 44.8 Å². The molecule has 5 heteroatoms. The van der Waals surface area contributed by atoms with Crippen molar-refractivity contribution in [3.8, 4) is 5.75 Å². The Morgan fingerprint density at radius 1 is 1.22 bits per heavy atom. The number of phenolic OH excluding ortho intramolecular Hbond substituents is 1. The van der Waals surface area contributed by atoms with Crippen molar-refractivity contribution in [1.82, 2.24) is 0 Å². The van der Waals surface area contributed by atoms with E-state index >= 15 is 0 Å². The summed E-state index contributed by atoms with van der Waals surface area (Å²) in [7, 11) is 1.65. The van der Waals surface area contributed by atoms with Crippen molar-refractivity contribution in [2.75, 3.05) is 7.11 Å². The normalized spacial score (nSPS) is 29.6. The molecule has 1 aromatic heterocycles. The zero-order valence-electron chi connectivity index (χ0n) is 15.9. The van der Waals surface area contributed by atoms with Gasteiger partial charge in [-0.1, -0.05) is 25.4 Å². The van der Waals surface area contributed by atoms with Crippen molar-refractivity contribution < 1.29 is 14.3 Å². The van der Waals surface area contributed by atoms with Crippen LogP contribution in [-0.2, 0) is 4.74 Å². The standard InChI is InChI=1S/C22H25ClO4/c1-11-6-13-8-12(2)19(14(7-11)9-13)22(26-3)20-15-4-5-18(25)27-17(15)10-16(24)21(20)23/h4-5,10-14,24H,6-9H2,1-3H3/b22-19-. The summed E-state index contributed by atoms with van der Waals surface area (Å²) < 4.78 is 11.2. The lowest BCUT2D eigenvalue weighted by Gasteiger charge is -2.43. The number of benzene rings is 1. The van der Waals surface area contributed by atoms with Gasteiger partial charge in [0.2, 0.25) is 0 Å². The second-order valence-corrected chi connectivity index (χ2v) is 8.63. The molecule has 2 aliphatic carbocycles. The molecule has 4 rings (SSSR count). The second-order valence-electron chi connectivity index (χ2n) is 8.25. The third-order valence-electron chi connectivity index (χ3n) is 6.24. The van der Waals surface area contributed by atoms with Crippen molar-refractivity contribution in [3.63, 3.8) is 0 Å². The number of hydrogen-bond donors (Lipinski definition) is 1. The second kappa shape index (κ2) is 6.90. The van der Waals surface area contributed by atoms with E-state index in [1.807, 2.05) is 0 Å². The van der Waals surface area contributed by atoms with Crippen LogP contribution in [0.5, 0.6) is 5.75 Å². The monoisotopic (exact) mass is 388 g/mol. The SMILES string of the molecule is CO/C(=C1/C(C)CC2CC(C)CC1C2)c1c(Cl)c(O)cc2oc(=O)ccc12. The molecule has 0 amide bonds. The average molecular weight is 389 g/mol. The van der Waals surface area contributed by atoms with Crippen molar-refractivity contribution in [2.45, 2.75) is 39.5 Å². The van der Waals surface area contributed by atoms with Crippen molar-refractivity contribution in [1.29, 1.82) is 0 Å². The van der Waals surface area contributed by atoms with Gasteiger partial charge in [-0.3, -0.25) is 0 Å². The molecule has 4 unspecified atom stereocenters. The van der Waals surface area contributed by atoms with Gasteiger partial charge in [0, 0.05) is 23.1 Å². The Labute approximate surface area is 163 Å². The number of methoxy groups -OCH3 is 1. The highest BCUT2D eigenvalue weighted by molar-refractivity contribution is 6.35. The van der Waals surface area contributed by atoms with Gasteiger partial charge in [0.25, 0.3) is 0 Å². The molecule has 27 heavy (non-hydrogen) atoms. The first kappa shape index (κ1) is 18.4. The molecular formula is C22H25ClO4. The average Bonchev–Trinajstić information content (AvgIpc) is 2.60. The van der Waals surface area contributed by atoms with Gasteiger partial charge in [-0.2, -0.15) is 0 Å². The topological polar surface area (TPSA) is 59.7 Å². The summed E-state index contributed by atoms with van der Waals surface area (Å²) in [4.78, 5) is 11.6. The van der Waals surface area contributed by atoms with Gasteiger partial charge in [-0.25, -0.2) is 4.79 Å². The van der Waals surface area contributed by atoms with E-state index in [9.17, 15) is 9.90 Å². The summed E-state index contributed by atoms with van der Waals surface area (Å²) in [6, 6.07) is 4.46. The van der Waals surface area contributed by atoms with E-state index in [4.69, 9.17) is 20.8 Å². The Morgan fingerprint density at radius 2 is 2.00 bits per heavy atom. The van der Waals surface area contributed by atoms with Crippen LogP contribution in [0.2, 0.25) is 5.02 Å². The highest BCUT2D eigenvalue weighted by atomic mass is 35.5. The van der Waals surface area contributed by atoms with Crippen molar-refractivity contribution >= 4 is 28.3 Å². The lowest BCUT2D eigenvalue weighted by molar-refractivity contribution is 0.158. The maximum atomic E-state index is 11.6. The minimum atomic E-state index is -0.461. The third kappa shape index (κ3) is 3.14. The molecule has 1 aromatic carbocycles. The van der Waals surface area contributed by atoms with Crippen molar-refractivity contribution in [2.24, 2.45) is 23.7 Å². The van der Waals surface area contributed by atoms with Gasteiger partial charge >= 0.3 is 5.63 Å². The van der Waals surface area contributed by atoms with Crippen LogP contribution in [0, 0.1) is 23.7 Å². The number of hydrogen-bond acceptors (Lipinski definition) is 4. The number of allylic oxidation sites excluding steroid dienone is 1. The molecular weight excluding hydrogens is 364 g/mol. The largest absolute Gasteiger partial charge is 0.506 e. The fourth-order valence-electron chi connectivity index (χ4n) is 5.40. The molecule has 1 heterocycles. The van der Waals surface area contributed by atoms with Crippen LogP contribution in [0.25, 0.3) is 16.7 Å². The molecule has 4 nitrogen and oxygen atoms in total. The molecule has 0 saturated heterocycles. The predicted molar refractivity (Wildman–Crippen MR) is 107 cm³/mol. The molecule has 0 aliphatic heterocycles. The van der Waals surface area contributed by atoms with E-state index in [0.717, 1.165) is 24.5 Å². The third-order valence-corrected chi connectivity index (χ3v) is 6.62. The molecule has 4 atom stereocenters. The van der Waals surface area contributed by atoms with E-state index in [1.54, 1.807) is 13.2 Å². The molecule has 144 valence electrons. The van der Waals surface area contributed by atoms with Crippen LogP contribution in [0.4, 0.5) is 0 Å². The molecule has 2 aliphatic rings. The summed E-state index contributed by atoms with van der Waals surface area (Å²) in [5.41, 5.74) is 1.75. The first-order chi connectivity index (χ1) is 12.9. The van der Waals surface area contributed by atoms with Gasteiger partial charge in [-0.05, 0) is 61.0 Å². The zero-order chi connectivity index (χ0) is 19.3. The van der Waals surface area contributed by atoms with Crippen LogP contribution in [-0.4, -0.2) is 12.2 Å². The Morgan fingerprint density at radius 3 is 2.74 bits per heavy atom. The fourth-order valence-corrected chi connectivity index (χ4v) is 5.64. The van der Waals surface area contributed by atoms with E-state index in [0.29, 0.717) is 34.3 Å². The lowest BCUT2D eigenvalue weighted by Crippen LogP contribution is -2.32. The van der Waals surface area contributed by atoms with Crippen LogP contribution in [0.1, 0.15) is 45.1 Å². The number of ether oxygens (including phenoxy) is 1. The summed E-state index contributed by atoms with van der Waals surface area (Å²) in [5.74, 6) is 2.93. The lowest BCUT2D eigenvalue weighted by atomic mass is 9.62.